The van der Waals surface area contributed by atoms with E-state index in [1.807, 2.05) is 36.4 Å². The zero-order chi connectivity index (χ0) is 19.8. The predicted molar refractivity (Wildman–Crippen MR) is 117 cm³/mol. The van der Waals surface area contributed by atoms with E-state index in [1.54, 1.807) is 25.3 Å². The summed E-state index contributed by atoms with van der Waals surface area (Å²) in [6.45, 7) is 3.58. The van der Waals surface area contributed by atoms with Gasteiger partial charge in [0.05, 0.1) is 5.69 Å². The molecule has 2 aromatic carbocycles. The maximum atomic E-state index is 13.7. The molecule has 0 bridgehead atoms. The fourth-order valence-electron chi connectivity index (χ4n) is 3.92. The van der Waals surface area contributed by atoms with Crippen LogP contribution in [-0.4, -0.2) is 45.9 Å². The summed E-state index contributed by atoms with van der Waals surface area (Å²) in [5.41, 5.74) is 1.62. The molecule has 1 heterocycles. The van der Waals surface area contributed by atoms with Gasteiger partial charge in [-0.2, -0.15) is 0 Å². The van der Waals surface area contributed by atoms with Gasteiger partial charge in [-0.25, -0.2) is 8.42 Å². The van der Waals surface area contributed by atoms with Gasteiger partial charge in [0.25, 0.3) is 0 Å². The summed E-state index contributed by atoms with van der Waals surface area (Å²) in [4.78, 5) is 2.56. The number of nitrogens with one attached hydrogen (secondary N) is 2. The number of alkyl halides is 1. The first kappa shape index (κ1) is 19.3. The summed E-state index contributed by atoms with van der Waals surface area (Å²) < 4.78 is 25.9. The van der Waals surface area contributed by atoms with Crippen molar-refractivity contribution in [1.29, 1.82) is 0 Å². The summed E-state index contributed by atoms with van der Waals surface area (Å²) in [6.07, 6.45) is 7.12. The van der Waals surface area contributed by atoms with Crippen LogP contribution in [0.5, 0.6) is 0 Å². The Morgan fingerprint density at radius 2 is 1.86 bits per heavy atom. The minimum atomic E-state index is -3.84. The van der Waals surface area contributed by atoms with Crippen LogP contribution in [0.15, 0.2) is 59.5 Å². The van der Waals surface area contributed by atoms with Crippen LogP contribution in [0.25, 0.3) is 10.8 Å². The molecule has 4 rings (SSSR count). The number of halogens is 1. The fourth-order valence-corrected chi connectivity index (χ4v) is 6.14. The molecule has 5 nitrogen and oxygen atoms in total. The molecule has 2 aromatic rings. The number of rotatable bonds is 4. The summed E-state index contributed by atoms with van der Waals surface area (Å²) in [7, 11) is -2.09. The Kier molecular flexibility index (Phi) is 5.12. The van der Waals surface area contributed by atoms with Crippen LogP contribution in [0.4, 0.5) is 11.4 Å². The largest absolute Gasteiger partial charge is 0.387 e. The van der Waals surface area contributed by atoms with E-state index < -0.39 is 14.0 Å². The maximum absolute atomic E-state index is 13.7. The normalized spacial score (nSPS) is 22.6. The van der Waals surface area contributed by atoms with E-state index in [0.717, 1.165) is 37.3 Å². The van der Waals surface area contributed by atoms with Gasteiger partial charge in [0.2, 0.25) is 9.84 Å². The Morgan fingerprint density at radius 1 is 1.14 bits per heavy atom. The van der Waals surface area contributed by atoms with Crippen LogP contribution in [0.1, 0.15) is 6.42 Å². The third-order valence-corrected chi connectivity index (χ3v) is 8.47. The summed E-state index contributed by atoms with van der Waals surface area (Å²) >= 11 is 6.65. The molecule has 2 N–H and O–H groups in total. The van der Waals surface area contributed by atoms with Crippen molar-refractivity contribution in [3.8, 4) is 0 Å². The van der Waals surface area contributed by atoms with Gasteiger partial charge >= 0.3 is 0 Å². The standard InChI is InChI=1S/C21H24ClN3O2S/c1-23-18-15-19(25-13-11-24-12-14-25)16-7-3-4-8-17(16)20(18)28(26,27)21(22)9-5-2-6-10-21/h2-9,15,23-24H,10-14H2,1H3. The van der Waals surface area contributed by atoms with Crippen molar-refractivity contribution in [2.24, 2.45) is 0 Å². The topological polar surface area (TPSA) is 61.4 Å². The zero-order valence-corrected chi connectivity index (χ0v) is 17.4. The Bertz CT molecular complexity index is 1060. The van der Waals surface area contributed by atoms with Gasteiger partial charge in [-0.3, -0.25) is 0 Å². The molecule has 0 aromatic heterocycles. The molecule has 1 aliphatic heterocycles. The molecule has 1 aliphatic carbocycles. The lowest BCUT2D eigenvalue weighted by Crippen LogP contribution is -2.43. The predicted octanol–water partition coefficient (Wildman–Crippen LogP) is 3.52. The van der Waals surface area contributed by atoms with E-state index in [0.29, 0.717) is 11.1 Å². The Hall–Kier alpha value is -2.02. The third-order valence-electron chi connectivity index (χ3n) is 5.40. The van der Waals surface area contributed by atoms with Crippen LogP contribution >= 0.6 is 11.6 Å². The molecule has 1 fully saturated rings. The van der Waals surface area contributed by atoms with Gasteiger partial charge < -0.3 is 15.5 Å². The first-order valence-corrected chi connectivity index (χ1v) is 11.3. The molecule has 2 aliphatic rings. The van der Waals surface area contributed by atoms with Gasteiger partial charge in [-0.15, -0.1) is 0 Å². The Morgan fingerprint density at radius 3 is 2.50 bits per heavy atom. The fraction of sp³-hybridized carbons (Fsp3) is 0.333. The lowest BCUT2D eigenvalue weighted by molar-refractivity contribution is 0.583. The number of allylic oxidation sites excluding steroid dienone is 3. The monoisotopic (exact) mass is 417 g/mol. The van der Waals surface area contributed by atoms with E-state index >= 15 is 0 Å². The van der Waals surface area contributed by atoms with Crippen molar-refractivity contribution in [3.63, 3.8) is 0 Å². The Balaban J connectivity index is 1.97. The van der Waals surface area contributed by atoms with Crippen LogP contribution in [-0.2, 0) is 9.84 Å². The van der Waals surface area contributed by atoms with Gasteiger partial charge in [0.1, 0.15) is 4.90 Å². The van der Waals surface area contributed by atoms with Gasteiger partial charge in [0, 0.05) is 56.1 Å². The molecule has 0 amide bonds. The number of anilines is 2. The minimum Gasteiger partial charge on any atom is -0.387 e. The number of fused-ring (bicyclic) bond motifs is 1. The first-order chi connectivity index (χ1) is 13.5. The van der Waals surface area contributed by atoms with E-state index in [-0.39, 0.29) is 11.3 Å². The third kappa shape index (κ3) is 3.09. The van der Waals surface area contributed by atoms with Crippen molar-refractivity contribution < 1.29 is 8.42 Å². The molecule has 0 spiro atoms. The highest BCUT2D eigenvalue weighted by atomic mass is 35.5. The van der Waals surface area contributed by atoms with E-state index in [2.05, 4.69) is 15.5 Å². The van der Waals surface area contributed by atoms with Gasteiger partial charge in [0.15, 0.2) is 4.21 Å². The molecule has 1 unspecified atom stereocenters. The second kappa shape index (κ2) is 7.43. The molecule has 0 saturated carbocycles. The number of nitrogens with zero attached hydrogens (tertiary/aromatic N) is 1. The number of hydrogen-bond acceptors (Lipinski definition) is 5. The highest BCUT2D eigenvalue weighted by Crippen LogP contribution is 2.45. The smallest absolute Gasteiger partial charge is 0.204 e. The number of sulfone groups is 1. The highest BCUT2D eigenvalue weighted by Gasteiger charge is 2.43. The second-order valence-corrected chi connectivity index (χ2v) is 10.1. The lowest BCUT2D eigenvalue weighted by atomic mass is 10.1. The molecule has 148 valence electrons. The minimum absolute atomic E-state index is 0.240. The van der Waals surface area contributed by atoms with Crippen LogP contribution in [0, 0.1) is 0 Å². The van der Waals surface area contributed by atoms with Crippen molar-refractivity contribution in [2.45, 2.75) is 15.5 Å². The molecule has 28 heavy (non-hydrogen) atoms. The second-order valence-electron chi connectivity index (χ2n) is 7.09. The van der Waals surface area contributed by atoms with Crippen molar-refractivity contribution in [2.75, 3.05) is 43.4 Å². The first-order valence-electron chi connectivity index (χ1n) is 9.45. The van der Waals surface area contributed by atoms with Crippen molar-refractivity contribution >= 4 is 43.6 Å². The number of piperazine rings is 1. The van der Waals surface area contributed by atoms with Crippen LogP contribution < -0.4 is 15.5 Å². The number of benzene rings is 2. The van der Waals surface area contributed by atoms with E-state index in [4.69, 9.17) is 11.6 Å². The number of hydrogen-bond donors (Lipinski definition) is 2. The zero-order valence-electron chi connectivity index (χ0n) is 15.8. The quantitative estimate of drug-likeness (QED) is 0.745. The van der Waals surface area contributed by atoms with Gasteiger partial charge in [-0.1, -0.05) is 54.1 Å². The van der Waals surface area contributed by atoms with Crippen molar-refractivity contribution in [1.82, 2.24) is 5.32 Å². The molecular formula is C21H24ClN3O2S. The average molecular weight is 418 g/mol. The summed E-state index contributed by atoms with van der Waals surface area (Å²) in [5, 5.41) is 8.10. The molecule has 1 atom stereocenters. The van der Waals surface area contributed by atoms with Crippen molar-refractivity contribution in [3.05, 3.63) is 54.6 Å². The molecule has 7 heteroatoms. The van der Waals surface area contributed by atoms with E-state index in [9.17, 15) is 8.42 Å². The molecule has 1 saturated heterocycles. The van der Waals surface area contributed by atoms with E-state index in [1.165, 1.54) is 0 Å². The molecular weight excluding hydrogens is 394 g/mol. The Labute approximate surface area is 171 Å². The van der Waals surface area contributed by atoms with Gasteiger partial charge in [-0.05, 0) is 12.1 Å². The van der Waals surface area contributed by atoms with Crippen LogP contribution in [0.3, 0.4) is 0 Å². The average Bonchev–Trinajstić information content (AvgIpc) is 2.73. The highest BCUT2D eigenvalue weighted by molar-refractivity contribution is 7.94. The SMILES string of the molecule is CNc1cc(N2CCNCC2)c2ccccc2c1S(=O)(=O)C1(Cl)C=CC=CC1. The summed E-state index contributed by atoms with van der Waals surface area (Å²) in [6, 6.07) is 9.63. The molecule has 0 radical (unpaired) electrons. The summed E-state index contributed by atoms with van der Waals surface area (Å²) in [5.74, 6) is 0. The van der Waals surface area contributed by atoms with Crippen LogP contribution in [0.2, 0.25) is 0 Å². The maximum Gasteiger partial charge on any atom is 0.204 e. The lowest BCUT2D eigenvalue weighted by Gasteiger charge is -2.32.